The summed E-state index contributed by atoms with van der Waals surface area (Å²) in [7, 11) is 1.65. The average Bonchev–Trinajstić information content (AvgIpc) is 3.23. The summed E-state index contributed by atoms with van der Waals surface area (Å²) in [4.78, 5) is 31.0. The molecular weight excluding hydrogens is 435 g/mol. The van der Waals surface area contributed by atoms with Crippen molar-refractivity contribution in [3.63, 3.8) is 0 Å². The summed E-state index contributed by atoms with van der Waals surface area (Å²) < 4.78 is 19.5. The number of hydrogen-bond donors (Lipinski definition) is 3. The van der Waals surface area contributed by atoms with E-state index in [4.69, 9.17) is 4.74 Å². The Morgan fingerprint density at radius 1 is 1.24 bits per heavy atom. The topological polar surface area (TPSA) is 86.5 Å². The number of urea groups is 1. The van der Waals surface area contributed by atoms with E-state index in [0.717, 1.165) is 22.3 Å². The third-order valence-corrected chi connectivity index (χ3v) is 7.38. The lowest BCUT2D eigenvalue weighted by Crippen LogP contribution is -2.59. The molecule has 1 fully saturated rings. The smallest absolute Gasteiger partial charge is 0.322 e. The van der Waals surface area contributed by atoms with Crippen LogP contribution in [0.2, 0.25) is 0 Å². The van der Waals surface area contributed by atoms with E-state index >= 15 is 0 Å². The normalized spacial score (nSPS) is 24.2. The molecule has 3 unspecified atom stereocenters. The van der Waals surface area contributed by atoms with Gasteiger partial charge in [-0.15, -0.1) is 0 Å². The van der Waals surface area contributed by atoms with Crippen LogP contribution >= 0.6 is 0 Å². The minimum absolute atomic E-state index is 0.0792. The molecule has 34 heavy (non-hydrogen) atoms. The summed E-state index contributed by atoms with van der Waals surface area (Å²) in [6.45, 7) is 4.75. The van der Waals surface area contributed by atoms with E-state index in [0.29, 0.717) is 25.9 Å². The van der Waals surface area contributed by atoms with Crippen LogP contribution in [-0.4, -0.2) is 47.9 Å². The minimum atomic E-state index is -0.605. The highest BCUT2D eigenvalue weighted by atomic mass is 19.1. The number of carbonyl (C=O) groups is 2. The number of ether oxygens (including phenoxy) is 1. The first-order valence-electron chi connectivity index (χ1n) is 11.6. The molecule has 1 spiro atoms. The summed E-state index contributed by atoms with van der Waals surface area (Å²) >= 11 is 0. The zero-order chi connectivity index (χ0) is 24.0. The third-order valence-electron chi connectivity index (χ3n) is 7.38. The number of carbonyl (C=O) groups excluding carboxylic acids is 2. The van der Waals surface area contributed by atoms with Gasteiger partial charge < -0.3 is 25.3 Å². The number of amides is 2. The second-order valence-corrected chi connectivity index (χ2v) is 9.39. The molecule has 3 heterocycles. The van der Waals surface area contributed by atoms with Crippen LogP contribution < -0.4 is 15.4 Å². The van der Waals surface area contributed by atoms with Gasteiger partial charge in [0.2, 0.25) is 0 Å². The SMILES string of the molecule is COc1ccc2c3c([nH]c2c1)C(C)NCC31CCN(C(=O)Nc2ccccc2F)C(C(C)=O)C1. The van der Waals surface area contributed by atoms with E-state index in [1.807, 2.05) is 12.1 Å². The van der Waals surface area contributed by atoms with E-state index < -0.39 is 17.9 Å². The Balaban J connectivity index is 1.50. The van der Waals surface area contributed by atoms with Crippen molar-refractivity contribution < 1.29 is 18.7 Å². The van der Waals surface area contributed by atoms with Crippen LogP contribution in [-0.2, 0) is 10.2 Å². The first-order valence-corrected chi connectivity index (χ1v) is 11.6. The number of likely N-dealkylation sites (tertiary alicyclic amines) is 1. The lowest BCUT2D eigenvalue weighted by molar-refractivity contribution is -0.123. The molecule has 1 aromatic heterocycles. The van der Waals surface area contributed by atoms with Crippen LogP contribution in [0, 0.1) is 5.82 Å². The maximum absolute atomic E-state index is 14.1. The Labute approximate surface area is 197 Å². The quantitative estimate of drug-likeness (QED) is 0.533. The van der Waals surface area contributed by atoms with Crippen molar-refractivity contribution in [3.8, 4) is 5.75 Å². The highest BCUT2D eigenvalue weighted by molar-refractivity contribution is 5.94. The number of benzene rings is 2. The van der Waals surface area contributed by atoms with Crippen LogP contribution in [0.3, 0.4) is 0 Å². The summed E-state index contributed by atoms with van der Waals surface area (Å²) in [6.07, 6.45) is 1.19. The van der Waals surface area contributed by atoms with E-state index in [2.05, 4.69) is 28.6 Å². The van der Waals surface area contributed by atoms with Crippen molar-refractivity contribution in [1.82, 2.24) is 15.2 Å². The number of methoxy groups -OCH3 is 1. The molecule has 0 saturated carbocycles. The van der Waals surface area contributed by atoms with Gasteiger partial charge in [-0.2, -0.15) is 0 Å². The molecule has 0 radical (unpaired) electrons. The van der Waals surface area contributed by atoms with Crippen LogP contribution in [0.25, 0.3) is 10.9 Å². The highest BCUT2D eigenvalue weighted by Crippen LogP contribution is 2.47. The monoisotopic (exact) mass is 464 g/mol. The van der Waals surface area contributed by atoms with Crippen molar-refractivity contribution in [2.24, 2.45) is 0 Å². The van der Waals surface area contributed by atoms with Gasteiger partial charge in [-0.25, -0.2) is 9.18 Å². The lowest BCUT2D eigenvalue weighted by atomic mass is 9.66. The molecule has 0 bridgehead atoms. The first-order chi connectivity index (χ1) is 16.3. The first kappa shape index (κ1) is 22.4. The van der Waals surface area contributed by atoms with Crippen molar-refractivity contribution >= 4 is 28.4 Å². The number of Topliss-reactive ketones (excluding diaryl/α,β-unsaturated/α-hetero) is 1. The summed E-state index contributed by atoms with van der Waals surface area (Å²) in [5.41, 5.74) is 3.13. The van der Waals surface area contributed by atoms with Gasteiger partial charge in [0.25, 0.3) is 0 Å². The fourth-order valence-corrected chi connectivity index (χ4v) is 5.58. The van der Waals surface area contributed by atoms with Gasteiger partial charge in [-0.3, -0.25) is 4.79 Å². The number of para-hydroxylation sites is 1. The number of ketones is 1. The fraction of sp³-hybridized carbons (Fsp3) is 0.385. The zero-order valence-electron chi connectivity index (χ0n) is 19.6. The Morgan fingerprint density at radius 2 is 2.03 bits per heavy atom. The Hall–Kier alpha value is -3.39. The molecule has 3 atom stereocenters. The Morgan fingerprint density at radius 3 is 2.76 bits per heavy atom. The maximum atomic E-state index is 14.1. The minimum Gasteiger partial charge on any atom is -0.497 e. The van der Waals surface area contributed by atoms with Gasteiger partial charge in [0.1, 0.15) is 11.6 Å². The highest BCUT2D eigenvalue weighted by Gasteiger charge is 2.48. The molecule has 1 saturated heterocycles. The number of rotatable bonds is 3. The molecule has 2 amide bonds. The van der Waals surface area contributed by atoms with Gasteiger partial charge in [-0.05, 0) is 56.5 Å². The van der Waals surface area contributed by atoms with Gasteiger partial charge in [0.15, 0.2) is 5.78 Å². The molecular formula is C26H29FN4O3. The van der Waals surface area contributed by atoms with Crippen molar-refractivity contribution in [1.29, 1.82) is 0 Å². The molecule has 3 aromatic rings. The number of H-pyrrole nitrogens is 1. The predicted molar refractivity (Wildman–Crippen MR) is 129 cm³/mol. The molecule has 8 heteroatoms. The van der Waals surface area contributed by atoms with Crippen molar-refractivity contribution in [2.45, 2.75) is 44.2 Å². The van der Waals surface area contributed by atoms with Crippen molar-refractivity contribution in [2.75, 3.05) is 25.5 Å². The second kappa shape index (κ2) is 8.43. The van der Waals surface area contributed by atoms with Crippen LogP contribution in [0.1, 0.15) is 44.0 Å². The Kier molecular flexibility index (Phi) is 5.56. The number of hydrogen-bond acceptors (Lipinski definition) is 4. The number of aromatic amines is 1. The molecule has 2 aliphatic heterocycles. The molecule has 2 aromatic carbocycles. The molecule has 2 aliphatic rings. The predicted octanol–water partition coefficient (Wildman–Crippen LogP) is 4.50. The number of anilines is 1. The summed E-state index contributed by atoms with van der Waals surface area (Å²) in [6, 6.07) is 11.1. The number of nitrogens with one attached hydrogen (secondary N) is 3. The number of fused-ring (bicyclic) bond motifs is 4. The van der Waals surface area contributed by atoms with Gasteiger partial charge in [0, 0.05) is 47.2 Å². The average molecular weight is 465 g/mol. The molecule has 178 valence electrons. The molecule has 5 rings (SSSR count). The maximum Gasteiger partial charge on any atom is 0.322 e. The lowest BCUT2D eigenvalue weighted by Gasteiger charge is -2.49. The standard InChI is InChI=1S/C26H29FN4O3/c1-15-24-23(18-9-8-17(34-3)12-21(18)29-24)26(14-28-15)10-11-31(22(13-26)16(2)32)25(33)30-20-7-5-4-6-19(20)27/h4-9,12,15,22,28-29H,10-11,13-14H2,1-3H3,(H,30,33). The van der Waals surface area contributed by atoms with Gasteiger partial charge >= 0.3 is 6.03 Å². The van der Waals surface area contributed by atoms with Crippen LogP contribution in [0.5, 0.6) is 5.75 Å². The van der Waals surface area contributed by atoms with Crippen LogP contribution in [0.4, 0.5) is 14.9 Å². The van der Waals surface area contributed by atoms with E-state index in [9.17, 15) is 14.0 Å². The number of piperidine rings is 1. The van der Waals surface area contributed by atoms with Gasteiger partial charge in [-0.1, -0.05) is 12.1 Å². The van der Waals surface area contributed by atoms with Crippen LogP contribution in [0.15, 0.2) is 42.5 Å². The summed E-state index contributed by atoms with van der Waals surface area (Å²) in [5.74, 6) is 0.194. The Bertz CT molecular complexity index is 1270. The van der Waals surface area contributed by atoms with Gasteiger partial charge in [0.05, 0.1) is 18.8 Å². The second-order valence-electron chi connectivity index (χ2n) is 9.39. The molecule has 7 nitrogen and oxygen atoms in total. The number of aromatic nitrogens is 1. The van der Waals surface area contributed by atoms with Crippen molar-refractivity contribution in [3.05, 3.63) is 59.5 Å². The van der Waals surface area contributed by atoms with E-state index in [1.54, 1.807) is 24.1 Å². The summed E-state index contributed by atoms with van der Waals surface area (Å²) in [5, 5.41) is 7.36. The number of nitrogens with zero attached hydrogens (tertiary/aromatic N) is 1. The largest absolute Gasteiger partial charge is 0.497 e. The molecule has 3 N–H and O–H groups in total. The molecule has 0 aliphatic carbocycles. The van der Waals surface area contributed by atoms with E-state index in [-0.39, 0.29) is 22.9 Å². The third kappa shape index (κ3) is 3.62. The fourth-order valence-electron chi connectivity index (χ4n) is 5.58. The zero-order valence-corrected chi connectivity index (χ0v) is 19.6. The number of halogens is 1. The van der Waals surface area contributed by atoms with E-state index in [1.165, 1.54) is 24.6 Å².